The van der Waals surface area contributed by atoms with Crippen molar-refractivity contribution in [3.63, 3.8) is 0 Å². The van der Waals surface area contributed by atoms with Crippen molar-refractivity contribution >= 4 is 0 Å². The summed E-state index contributed by atoms with van der Waals surface area (Å²) < 4.78 is 0. The van der Waals surface area contributed by atoms with Gasteiger partial charge in [-0.25, -0.2) is 0 Å². The highest BCUT2D eigenvalue weighted by Crippen LogP contribution is 2.18. The molecule has 0 rings (SSSR count). The Morgan fingerprint density at radius 1 is 1.33 bits per heavy atom. The molecule has 0 saturated heterocycles. The van der Waals surface area contributed by atoms with Gasteiger partial charge in [0.2, 0.25) is 0 Å². The molecule has 0 aromatic carbocycles. The van der Waals surface area contributed by atoms with E-state index in [1.807, 2.05) is 13.2 Å². The highest BCUT2D eigenvalue weighted by Gasteiger charge is 2.22. The molecule has 0 aliphatic rings. The maximum absolute atomic E-state index is 3.96. The van der Waals surface area contributed by atoms with E-state index in [1.54, 1.807) is 0 Å². The van der Waals surface area contributed by atoms with Crippen molar-refractivity contribution in [1.29, 1.82) is 0 Å². The van der Waals surface area contributed by atoms with Crippen molar-refractivity contribution in [1.82, 2.24) is 10.6 Å². The van der Waals surface area contributed by atoms with Gasteiger partial charge in [0, 0.05) is 12.1 Å². The number of nitrogens with one attached hydrogen (secondary N) is 2. The van der Waals surface area contributed by atoms with Crippen LogP contribution >= 0.6 is 0 Å². The normalized spacial score (nSPS) is 15.8. The van der Waals surface area contributed by atoms with Gasteiger partial charge in [0.05, 0.1) is 0 Å². The van der Waals surface area contributed by atoms with Gasteiger partial charge in [-0.2, -0.15) is 0 Å². The molecule has 2 N–H and O–H groups in total. The Kier molecular flexibility index (Phi) is 9.76. The lowest BCUT2D eigenvalue weighted by molar-refractivity contribution is 0.296. The van der Waals surface area contributed by atoms with Crippen LogP contribution in [0, 0.1) is 5.92 Å². The van der Waals surface area contributed by atoms with E-state index < -0.39 is 0 Å². The van der Waals surface area contributed by atoms with E-state index in [9.17, 15) is 0 Å². The highest BCUT2D eigenvalue weighted by molar-refractivity contribution is 4.89. The average molecular weight is 252 g/mol. The molecular formula is C16H32N2. The summed E-state index contributed by atoms with van der Waals surface area (Å²) in [5.41, 5.74) is 1.30. The predicted octanol–water partition coefficient (Wildman–Crippen LogP) is 3.86. The van der Waals surface area contributed by atoms with Crippen molar-refractivity contribution in [2.75, 3.05) is 7.05 Å². The molecule has 0 spiro atoms. The molecule has 0 fully saturated rings. The van der Waals surface area contributed by atoms with Crippen LogP contribution < -0.4 is 10.6 Å². The molecule has 2 nitrogen and oxygen atoms in total. The third kappa shape index (κ3) is 6.85. The van der Waals surface area contributed by atoms with Crippen LogP contribution in [-0.4, -0.2) is 19.1 Å². The Morgan fingerprint density at radius 3 is 2.44 bits per heavy atom. The summed E-state index contributed by atoms with van der Waals surface area (Å²) in [4.78, 5) is 0. The topological polar surface area (TPSA) is 24.1 Å². The molecule has 3 unspecified atom stereocenters. The number of unbranched alkanes of at least 4 members (excludes halogenated alkanes) is 1. The molecule has 0 heterocycles. The van der Waals surface area contributed by atoms with Gasteiger partial charge < -0.3 is 10.6 Å². The van der Waals surface area contributed by atoms with Crippen molar-refractivity contribution in [3.8, 4) is 0 Å². The van der Waals surface area contributed by atoms with Crippen molar-refractivity contribution in [2.45, 2.75) is 65.0 Å². The van der Waals surface area contributed by atoms with Crippen molar-refractivity contribution in [3.05, 3.63) is 24.9 Å². The maximum atomic E-state index is 3.96. The first-order valence-electron chi connectivity index (χ1n) is 7.25. The first-order chi connectivity index (χ1) is 8.56. The number of hydrogen-bond acceptors (Lipinski definition) is 2. The monoisotopic (exact) mass is 252 g/mol. The summed E-state index contributed by atoms with van der Waals surface area (Å²) in [7, 11) is 2.04. The molecule has 106 valence electrons. The van der Waals surface area contributed by atoms with Crippen LogP contribution in [0.3, 0.4) is 0 Å². The van der Waals surface area contributed by atoms with Gasteiger partial charge in [0.1, 0.15) is 0 Å². The summed E-state index contributed by atoms with van der Waals surface area (Å²) in [5, 5.41) is 6.82. The fraction of sp³-hybridized carbons (Fsp3) is 0.750. The van der Waals surface area contributed by atoms with Crippen LogP contribution in [-0.2, 0) is 0 Å². The van der Waals surface area contributed by atoms with Crippen LogP contribution in [0.1, 0.15) is 52.9 Å². The Morgan fingerprint density at radius 2 is 2.00 bits per heavy atom. The second-order valence-corrected chi connectivity index (χ2v) is 5.38. The minimum absolute atomic E-state index is 0.474. The zero-order valence-electron chi connectivity index (χ0n) is 12.8. The molecule has 0 aromatic rings. The van der Waals surface area contributed by atoms with E-state index in [0.29, 0.717) is 18.0 Å². The zero-order chi connectivity index (χ0) is 14.0. The fourth-order valence-corrected chi connectivity index (χ4v) is 2.52. The number of hydrogen-bond donors (Lipinski definition) is 2. The lowest BCUT2D eigenvalue weighted by Gasteiger charge is -2.31. The van der Waals surface area contributed by atoms with Crippen LogP contribution in [0.5, 0.6) is 0 Å². The van der Waals surface area contributed by atoms with Crippen molar-refractivity contribution < 1.29 is 0 Å². The summed E-state index contributed by atoms with van der Waals surface area (Å²) in [6.07, 6.45) is 7.93. The van der Waals surface area contributed by atoms with E-state index >= 15 is 0 Å². The third-order valence-electron chi connectivity index (χ3n) is 3.68. The molecule has 0 aromatic heterocycles. The molecule has 18 heavy (non-hydrogen) atoms. The van der Waals surface area contributed by atoms with Gasteiger partial charge >= 0.3 is 0 Å². The minimum Gasteiger partial charge on any atom is -0.387 e. The van der Waals surface area contributed by atoms with Crippen LogP contribution in [0.15, 0.2) is 24.9 Å². The Labute approximate surface area is 114 Å². The number of allylic oxidation sites excluding steroid dienone is 1. The smallest absolute Gasteiger partial charge is 0.0434 e. The molecule has 0 bridgehead atoms. The van der Waals surface area contributed by atoms with E-state index in [1.165, 1.54) is 24.8 Å². The Hall–Kier alpha value is -0.760. The quantitative estimate of drug-likeness (QED) is 0.431. The summed E-state index contributed by atoms with van der Waals surface area (Å²) >= 11 is 0. The van der Waals surface area contributed by atoms with Gasteiger partial charge in [-0.05, 0) is 51.8 Å². The van der Waals surface area contributed by atoms with Gasteiger partial charge in [-0.3, -0.25) is 0 Å². The lowest BCUT2D eigenvalue weighted by atomic mass is 9.89. The maximum Gasteiger partial charge on any atom is 0.0434 e. The van der Waals surface area contributed by atoms with Gasteiger partial charge in [-0.15, -0.1) is 6.58 Å². The van der Waals surface area contributed by atoms with Crippen molar-refractivity contribution in [2.24, 2.45) is 5.92 Å². The fourth-order valence-electron chi connectivity index (χ4n) is 2.52. The molecule has 0 radical (unpaired) electrons. The minimum atomic E-state index is 0.474. The van der Waals surface area contributed by atoms with Gasteiger partial charge in [0.25, 0.3) is 0 Å². The molecule has 0 aliphatic carbocycles. The van der Waals surface area contributed by atoms with Crippen LogP contribution in [0.2, 0.25) is 0 Å². The number of likely N-dealkylation sites (N-methyl/N-ethyl adjacent to an activating group) is 1. The molecule has 3 atom stereocenters. The second kappa shape index (κ2) is 10.2. The zero-order valence-corrected chi connectivity index (χ0v) is 12.8. The standard InChI is InChI=1S/C16H32N2/c1-7-15(17-6)16(18-8-2)14(5)12-10-9-11-13(3)4/h8,14-18H,2-3,7,9-12H2,1,4-6H3. The van der Waals surface area contributed by atoms with Gasteiger partial charge in [0.15, 0.2) is 0 Å². The molecule has 0 amide bonds. The Balaban J connectivity index is 4.16. The second-order valence-electron chi connectivity index (χ2n) is 5.38. The summed E-state index contributed by atoms with van der Waals surface area (Å²) in [6, 6.07) is 0.987. The first kappa shape index (κ1) is 17.2. The molecule has 2 heteroatoms. The lowest BCUT2D eigenvalue weighted by Crippen LogP contribution is -2.48. The molecule has 0 saturated carbocycles. The summed E-state index contributed by atoms with van der Waals surface area (Å²) in [5.74, 6) is 0.658. The van der Waals surface area contributed by atoms with Gasteiger partial charge in [-0.1, -0.05) is 32.4 Å². The number of rotatable bonds is 11. The average Bonchev–Trinajstić information content (AvgIpc) is 2.34. The van der Waals surface area contributed by atoms with E-state index in [-0.39, 0.29) is 0 Å². The van der Waals surface area contributed by atoms with Crippen LogP contribution in [0.4, 0.5) is 0 Å². The third-order valence-corrected chi connectivity index (χ3v) is 3.68. The Bertz CT molecular complexity index is 231. The van der Waals surface area contributed by atoms with E-state index in [0.717, 1.165) is 12.8 Å². The summed E-state index contributed by atoms with van der Waals surface area (Å²) in [6.45, 7) is 14.4. The SMILES string of the molecule is C=CNC(C(C)CCCCC(=C)C)C(CC)NC. The first-order valence-corrected chi connectivity index (χ1v) is 7.25. The van der Waals surface area contributed by atoms with E-state index in [2.05, 4.69) is 44.6 Å². The molecular weight excluding hydrogens is 220 g/mol. The largest absolute Gasteiger partial charge is 0.387 e. The molecule has 0 aliphatic heterocycles. The predicted molar refractivity (Wildman–Crippen MR) is 82.7 cm³/mol. The van der Waals surface area contributed by atoms with Crippen LogP contribution in [0.25, 0.3) is 0 Å². The van der Waals surface area contributed by atoms with E-state index in [4.69, 9.17) is 0 Å². The highest BCUT2D eigenvalue weighted by atomic mass is 15.0.